The molecule has 1 aliphatic carbocycles. The van der Waals surface area contributed by atoms with E-state index in [0.29, 0.717) is 18.3 Å². The average Bonchev–Trinajstić information content (AvgIpc) is 2.87. The van der Waals surface area contributed by atoms with E-state index in [1.54, 1.807) is 4.90 Å². The predicted molar refractivity (Wildman–Crippen MR) is 69.5 cm³/mol. The summed E-state index contributed by atoms with van der Waals surface area (Å²) in [5, 5.41) is 4.00. The van der Waals surface area contributed by atoms with Crippen LogP contribution in [0.1, 0.15) is 31.0 Å². The SMILES string of the molecule is Cl.NC1(c2noc(CN3CCSC3=O)n2)CCC1. The minimum atomic E-state index is -0.397. The molecule has 0 unspecified atom stereocenters. The number of carbonyl (C=O) groups excluding carboxylic acids is 1. The molecule has 0 aromatic carbocycles. The van der Waals surface area contributed by atoms with Gasteiger partial charge < -0.3 is 15.2 Å². The summed E-state index contributed by atoms with van der Waals surface area (Å²) in [5.74, 6) is 1.89. The zero-order valence-corrected chi connectivity index (χ0v) is 11.4. The number of amides is 1. The van der Waals surface area contributed by atoms with Crippen molar-refractivity contribution in [1.82, 2.24) is 15.0 Å². The first-order valence-corrected chi connectivity index (χ1v) is 6.70. The Balaban J connectivity index is 0.00000120. The van der Waals surface area contributed by atoms with Crippen molar-refractivity contribution in [2.75, 3.05) is 12.3 Å². The van der Waals surface area contributed by atoms with Gasteiger partial charge in [0.15, 0.2) is 5.82 Å². The van der Waals surface area contributed by atoms with Gasteiger partial charge in [-0.15, -0.1) is 12.4 Å². The summed E-state index contributed by atoms with van der Waals surface area (Å²) in [4.78, 5) is 17.4. The van der Waals surface area contributed by atoms with Gasteiger partial charge in [0.2, 0.25) is 5.89 Å². The van der Waals surface area contributed by atoms with Crippen LogP contribution in [0.2, 0.25) is 0 Å². The normalized spacial score (nSPS) is 21.6. The fraction of sp³-hybridized carbons (Fsp3) is 0.700. The number of carbonyl (C=O) groups is 1. The fourth-order valence-corrected chi connectivity index (χ4v) is 2.86. The quantitative estimate of drug-likeness (QED) is 0.908. The van der Waals surface area contributed by atoms with Gasteiger partial charge in [-0.05, 0) is 19.3 Å². The van der Waals surface area contributed by atoms with Crippen LogP contribution in [-0.4, -0.2) is 32.6 Å². The lowest BCUT2D eigenvalue weighted by atomic mass is 9.77. The maximum absolute atomic E-state index is 11.4. The van der Waals surface area contributed by atoms with Crippen LogP contribution in [0.25, 0.3) is 0 Å². The number of nitrogens with two attached hydrogens (primary N) is 1. The first-order valence-electron chi connectivity index (χ1n) is 5.71. The summed E-state index contributed by atoms with van der Waals surface area (Å²) in [6.45, 7) is 1.14. The van der Waals surface area contributed by atoms with Gasteiger partial charge in [0.25, 0.3) is 5.24 Å². The van der Waals surface area contributed by atoms with E-state index < -0.39 is 5.54 Å². The van der Waals surface area contributed by atoms with Gasteiger partial charge in [-0.25, -0.2) is 0 Å². The Labute approximate surface area is 115 Å². The van der Waals surface area contributed by atoms with E-state index in [9.17, 15) is 4.79 Å². The second-order valence-electron chi connectivity index (χ2n) is 4.56. The van der Waals surface area contributed by atoms with Gasteiger partial charge >= 0.3 is 0 Å². The maximum atomic E-state index is 11.4. The third-order valence-corrected chi connectivity index (χ3v) is 4.22. The van der Waals surface area contributed by atoms with Crippen molar-refractivity contribution in [3.8, 4) is 0 Å². The molecule has 1 aromatic rings. The molecule has 2 aliphatic rings. The van der Waals surface area contributed by atoms with Crippen LogP contribution in [0.5, 0.6) is 0 Å². The first kappa shape index (κ1) is 13.6. The summed E-state index contributed by atoms with van der Waals surface area (Å²) in [5.41, 5.74) is 5.71. The molecule has 18 heavy (non-hydrogen) atoms. The number of hydrogen-bond acceptors (Lipinski definition) is 6. The minimum absolute atomic E-state index is 0. The van der Waals surface area contributed by atoms with Gasteiger partial charge in [0.1, 0.15) is 6.54 Å². The molecule has 1 aromatic heterocycles. The van der Waals surface area contributed by atoms with E-state index in [1.807, 2.05) is 0 Å². The lowest BCUT2D eigenvalue weighted by Gasteiger charge is -2.34. The number of halogens is 1. The Kier molecular flexibility index (Phi) is 3.84. The van der Waals surface area contributed by atoms with Crippen molar-refractivity contribution in [2.24, 2.45) is 5.73 Å². The van der Waals surface area contributed by atoms with E-state index in [4.69, 9.17) is 10.3 Å². The van der Waals surface area contributed by atoms with Crippen molar-refractivity contribution in [1.29, 1.82) is 0 Å². The Morgan fingerprint density at radius 3 is 2.83 bits per heavy atom. The Bertz CT molecular complexity index is 449. The van der Waals surface area contributed by atoms with Crippen LogP contribution in [0.4, 0.5) is 4.79 Å². The summed E-state index contributed by atoms with van der Waals surface area (Å²) in [6.07, 6.45) is 2.93. The minimum Gasteiger partial charge on any atom is -0.337 e. The lowest BCUT2D eigenvalue weighted by molar-refractivity contribution is 0.216. The standard InChI is InChI=1S/C10H14N4O2S.ClH/c11-10(2-1-3-10)8-12-7(16-13-8)6-14-4-5-17-9(14)15;/h1-6,11H2;1H. The highest BCUT2D eigenvalue weighted by Gasteiger charge is 2.39. The van der Waals surface area contributed by atoms with E-state index in [2.05, 4.69) is 10.1 Å². The molecule has 0 atom stereocenters. The van der Waals surface area contributed by atoms with Crippen LogP contribution < -0.4 is 5.73 Å². The lowest BCUT2D eigenvalue weighted by Crippen LogP contribution is -2.44. The maximum Gasteiger partial charge on any atom is 0.282 e. The van der Waals surface area contributed by atoms with E-state index in [1.165, 1.54) is 11.8 Å². The Hall–Kier alpha value is -0.790. The van der Waals surface area contributed by atoms with Crippen molar-refractivity contribution in [3.63, 3.8) is 0 Å². The highest BCUT2D eigenvalue weighted by molar-refractivity contribution is 8.13. The molecule has 1 aliphatic heterocycles. The summed E-state index contributed by atoms with van der Waals surface area (Å²) in [7, 11) is 0. The molecule has 8 heteroatoms. The summed E-state index contributed by atoms with van der Waals surface area (Å²) < 4.78 is 5.15. The van der Waals surface area contributed by atoms with Gasteiger partial charge in [-0.2, -0.15) is 4.98 Å². The molecule has 2 fully saturated rings. The van der Waals surface area contributed by atoms with Crippen LogP contribution in [-0.2, 0) is 12.1 Å². The van der Waals surface area contributed by atoms with Crippen molar-refractivity contribution in [2.45, 2.75) is 31.3 Å². The molecule has 0 radical (unpaired) electrons. The van der Waals surface area contributed by atoms with Crippen molar-refractivity contribution >= 4 is 29.4 Å². The number of thioether (sulfide) groups is 1. The van der Waals surface area contributed by atoms with E-state index >= 15 is 0 Å². The summed E-state index contributed by atoms with van der Waals surface area (Å²) >= 11 is 1.33. The molecule has 100 valence electrons. The van der Waals surface area contributed by atoms with Crippen LogP contribution in [0, 0.1) is 0 Å². The molecule has 2 N–H and O–H groups in total. The highest BCUT2D eigenvalue weighted by atomic mass is 35.5. The monoisotopic (exact) mass is 290 g/mol. The van der Waals surface area contributed by atoms with E-state index in [0.717, 1.165) is 31.6 Å². The largest absolute Gasteiger partial charge is 0.337 e. The molecule has 1 saturated carbocycles. The Morgan fingerprint density at radius 2 is 2.28 bits per heavy atom. The van der Waals surface area contributed by atoms with Crippen molar-refractivity contribution < 1.29 is 9.32 Å². The zero-order chi connectivity index (χ0) is 11.9. The Morgan fingerprint density at radius 1 is 1.50 bits per heavy atom. The smallest absolute Gasteiger partial charge is 0.282 e. The van der Waals surface area contributed by atoms with E-state index in [-0.39, 0.29) is 17.6 Å². The topological polar surface area (TPSA) is 85.2 Å². The molecule has 0 spiro atoms. The molecular weight excluding hydrogens is 276 g/mol. The molecular formula is C10H15ClN4O2S. The van der Waals surface area contributed by atoms with Crippen LogP contribution in [0.15, 0.2) is 4.52 Å². The van der Waals surface area contributed by atoms with Gasteiger partial charge in [0.05, 0.1) is 5.54 Å². The second-order valence-corrected chi connectivity index (χ2v) is 5.60. The molecule has 1 saturated heterocycles. The van der Waals surface area contributed by atoms with Gasteiger partial charge in [-0.3, -0.25) is 4.79 Å². The second kappa shape index (κ2) is 5.07. The average molecular weight is 291 g/mol. The number of hydrogen-bond donors (Lipinski definition) is 1. The molecule has 3 rings (SSSR count). The molecule has 1 amide bonds. The van der Waals surface area contributed by atoms with Crippen LogP contribution >= 0.6 is 24.2 Å². The molecule has 0 bridgehead atoms. The fourth-order valence-electron chi connectivity index (χ4n) is 2.04. The van der Waals surface area contributed by atoms with Crippen LogP contribution in [0.3, 0.4) is 0 Å². The predicted octanol–water partition coefficient (Wildman–Crippen LogP) is 1.50. The number of rotatable bonds is 3. The van der Waals surface area contributed by atoms with Gasteiger partial charge in [0, 0.05) is 12.3 Å². The highest BCUT2D eigenvalue weighted by Crippen LogP contribution is 2.36. The first-order chi connectivity index (χ1) is 8.17. The molecule has 2 heterocycles. The van der Waals surface area contributed by atoms with Crippen molar-refractivity contribution in [3.05, 3.63) is 11.7 Å². The number of nitrogens with zero attached hydrogens (tertiary/aromatic N) is 3. The third-order valence-electron chi connectivity index (χ3n) is 3.33. The number of aromatic nitrogens is 2. The zero-order valence-electron chi connectivity index (χ0n) is 9.79. The molecule has 6 nitrogen and oxygen atoms in total. The third kappa shape index (κ3) is 2.34. The summed E-state index contributed by atoms with van der Waals surface area (Å²) in [6, 6.07) is 0. The van der Waals surface area contributed by atoms with Gasteiger partial charge in [-0.1, -0.05) is 16.9 Å².